The summed E-state index contributed by atoms with van der Waals surface area (Å²) < 4.78 is 12.9. The van der Waals surface area contributed by atoms with E-state index in [0.29, 0.717) is 44.1 Å². The van der Waals surface area contributed by atoms with E-state index >= 15 is 0 Å². The summed E-state index contributed by atoms with van der Waals surface area (Å²) in [7, 11) is 1.68. The Morgan fingerprint density at radius 2 is 1.80 bits per heavy atom. The molecule has 10 nitrogen and oxygen atoms in total. The number of aliphatic hydroxyl groups excluding tert-OH is 1. The zero-order chi connectivity index (χ0) is 32.6. The molecule has 10 heteroatoms. The van der Waals surface area contributed by atoms with E-state index in [1.54, 1.807) is 7.11 Å². The predicted octanol–water partition coefficient (Wildman–Crippen LogP) is 6.43. The van der Waals surface area contributed by atoms with E-state index < -0.39 is 6.09 Å². The molecule has 2 heterocycles. The highest BCUT2D eigenvalue weighted by Gasteiger charge is 2.34. The quantitative estimate of drug-likeness (QED) is 0.250. The molecule has 2 saturated carbocycles. The summed E-state index contributed by atoms with van der Waals surface area (Å²) in [6, 6.07) is 12.6. The van der Waals surface area contributed by atoms with Gasteiger partial charge in [-0.15, -0.1) is 0 Å². The van der Waals surface area contributed by atoms with Crippen LogP contribution in [0.4, 0.5) is 10.5 Å². The number of aryl methyl sites for hydroxylation is 1. The predicted molar refractivity (Wildman–Crippen MR) is 178 cm³/mol. The molecule has 2 fully saturated rings. The van der Waals surface area contributed by atoms with Gasteiger partial charge in [0.15, 0.2) is 0 Å². The summed E-state index contributed by atoms with van der Waals surface area (Å²) in [5.41, 5.74) is 5.03. The average Bonchev–Trinajstić information content (AvgIpc) is 3.58. The summed E-state index contributed by atoms with van der Waals surface area (Å²) in [6.07, 6.45) is 9.99. The van der Waals surface area contributed by atoms with Crippen molar-refractivity contribution in [3.8, 4) is 16.9 Å². The van der Waals surface area contributed by atoms with Crippen molar-refractivity contribution in [1.29, 1.82) is 0 Å². The smallest absolute Gasteiger partial charge is 0.407 e. The van der Waals surface area contributed by atoms with Crippen LogP contribution in [0.5, 0.6) is 5.75 Å². The van der Waals surface area contributed by atoms with E-state index in [9.17, 15) is 9.59 Å². The van der Waals surface area contributed by atoms with Gasteiger partial charge in [-0.25, -0.2) is 4.79 Å². The third-order valence-corrected chi connectivity index (χ3v) is 9.55. The number of anilines is 1. The van der Waals surface area contributed by atoms with Crippen molar-refractivity contribution in [2.75, 3.05) is 31.7 Å². The number of rotatable bonds is 11. The number of carbonyl (C=O) groups excluding carboxylic acids is 2. The number of hydrogen-bond acceptors (Lipinski definition) is 7. The van der Waals surface area contributed by atoms with Gasteiger partial charge < -0.3 is 24.8 Å². The summed E-state index contributed by atoms with van der Waals surface area (Å²) in [5.74, 6) is 1.64. The second kappa shape index (κ2) is 15.6. The van der Waals surface area contributed by atoms with Gasteiger partial charge in [-0.1, -0.05) is 12.1 Å². The number of ether oxygens (including phenoxy) is 2. The molecule has 248 valence electrons. The number of alkyl carbamates (subject to hydrolysis) is 1. The third kappa shape index (κ3) is 8.26. The molecule has 0 atom stereocenters. The van der Waals surface area contributed by atoms with Crippen LogP contribution >= 0.6 is 0 Å². The van der Waals surface area contributed by atoms with Crippen LogP contribution in [-0.2, 0) is 9.53 Å². The van der Waals surface area contributed by atoms with Crippen LogP contribution < -0.4 is 15.0 Å². The van der Waals surface area contributed by atoms with E-state index in [0.717, 1.165) is 59.6 Å². The van der Waals surface area contributed by atoms with E-state index in [1.807, 2.05) is 40.9 Å². The highest BCUT2D eigenvalue weighted by Crippen LogP contribution is 2.38. The molecule has 2 aliphatic carbocycles. The van der Waals surface area contributed by atoms with Crippen LogP contribution in [-0.4, -0.2) is 64.8 Å². The Morgan fingerprint density at radius 1 is 1.04 bits per heavy atom. The standard InChI is InChI=1S/C36H49N5O5/c1-24(2)41-23-30(21-38-41)29-6-5-7-31(20-29)40(35(43)28-12-14-32(15-13-28)46-36(44)37-18-19-42)22-26-8-10-27(11-9-26)33-16-17-34(45-4)25(3)39-33/h5-7,16-17,20-21,23-24,26-28,32,42H,8-15,18-19,22H2,1-4H3,(H,37,44)/t26-,27-,28-,32-. The van der Waals surface area contributed by atoms with Crippen LogP contribution in [0, 0.1) is 18.8 Å². The molecular weight excluding hydrogens is 582 g/mol. The number of methoxy groups -OCH3 is 1. The van der Waals surface area contributed by atoms with Gasteiger partial charge in [-0.05, 0) is 108 Å². The maximum atomic E-state index is 14.3. The Hall–Kier alpha value is -3.92. The minimum absolute atomic E-state index is 0.129. The minimum atomic E-state index is -0.515. The summed E-state index contributed by atoms with van der Waals surface area (Å²) in [4.78, 5) is 33.2. The zero-order valence-electron chi connectivity index (χ0n) is 27.7. The number of aromatic nitrogens is 3. The number of hydrogen-bond donors (Lipinski definition) is 2. The van der Waals surface area contributed by atoms with E-state index in [1.165, 1.54) is 0 Å². The summed E-state index contributed by atoms with van der Waals surface area (Å²) >= 11 is 0. The summed E-state index contributed by atoms with van der Waals surface area (Å²) in [6.45, 7) is 6.91. The highest BCUT2D eigenvalue weighted by atomic mass is 16.6. The van der Waals surface area contributed by atoms with Gasteiger partial charge in [0.25, 0.3) is 0 Å². The van der Waals surface area contributed by atoms with Crippen LogP contribution in [0.3, 0.4) is 0 Å². The normalized spacial score (nSPS) is 21.5. The fraction of sp³-hybridized carbons (Fsp3) is 0.556. The molecule has 0 spiro atoms. The second-order valence-corrected chi connectivity index (χ2v) is 13.1. The van der Waals surface area contributed by atoms with Crippen molar-refractivity contribution in [2.45, 2.75) is 90.2 Å². The van der Waals surface area contributed by atoms with Crippen molar-refractivity contribution < 1.29 is 24.2 Å². The van der Waals surface area contributed by atoms with Gasteiger partial charge in [0.05, 0.1) is 25.6 Å². The van der Waals surface area contributed by atoms with Gasteiger partial charge >= 0.3 is 6.09 Å². The molecule has 3 aromatic rings. The van der Waals surface area contributed by atoms with Gasteiger partial charge in [-0.2, -0.15) is 5.10 Å². The first kappa shape index (κ1) is 33.4. The Kier molecular flexibility index (Phi) is 11.3. The maximum Gasteiger partial charge on any atom is 0.407 e. The van der Waals surface area contributed by atoms with Gasteiger partial charge in [-0.3, -0.25) is 14.5 Å². The molecule has 2 aromatic heterocycles. The van der Waals surface area contributed by atoms with Crippen molar-refractivity contribution in [1.82, 2.24) is 20.1 Å². The fourth-order valence-electron chi connectivity index (χ4n) is 6.85. The van der Waals surface area contributed by atoms with Crippen LogP contribution in [0.25, 0.3) is 11.1 Å². The second-order valence-electron chi connectivity index (χ2n) is 13.1. The molecule has 5 rings (SSSR count). The molecule has 0 radical (unpaired) electrons. The lowest BCUT2D eigenvalue weighted by Crippen LogP contribution is -2.42. The Bertz CT molecular complexity index is 1460. The van der Waals surface area contributed by atoms with E-state index in [4.69, 9.17) is 19.6 Å². The highest BCUT2D eigenvalue weighted by molar-refractivity contribution is 5.95. The number of benzene rings is 1. The van der Waals surface area contributed by atoms with Gasteiger partial charge in [0.1, 0.15) is 11.9 Å². The number of pyridine rings is 1. The Morgan fingerprint density at radius 3 is 2.46 bits per heavy atom. The number of aliphatic hydroxyl groups is 1. The van der Waals surface area contributed by atoms with E-state index in [-0.39, 0.29) is 37.1 Å². The van der Waals surface area contributed by atoms with Crippen molar-refractivity contribution in [3.05, 3.63) is 60.2 Å². The molecular formula is C36H49N5O5. The van der Waals surface area contributed by atoms with Crippen molar-refractivity contribution in [2.24, 2.45) is 11.8 Å². The first-order chi connectivity index (χ1) is 22.2. The third-order valence-electron chi connectivity index (χ3n) is 9.55. The molecule has 2 aliphatic rings. The molecule has 0 unspecified atom stereocenters. The average molecular weight is 632 g/mol. The molecule has 2 amide bonds. The topological polar surface area (TPSA) is 119 Å². The Labute approximate surface area is 272 Å². The van der Waals surface area contributed by atoms with Crippen molar-refractivity contribution in [3.63, 3.8) is 0 Å². The van der Waals surface area contributed by atoms with Crippen LogP contribution in [0.2, 0.25) is 0 Å². The fourth-order valence-corrected chi connectivity index (χ4v) is 6.85. The lowest BCUT2D eigenvalue weighted by molar-refractivity contribution is -0.124. The molecule has 1 aromatic carbocycles. The molecule has 0 aliphatic heterocycles. The number of nitrogens with zero attached hydrogens (tertiary/aromatic N) is 4. The number of amides is 2. The largest absolute Gasteiger partial charge is 0.495 e. The zero-order valence-corrected chi connectivity index (χ0v) is 27.7. The first-order valence-corrected chi connectivity index (χ1v) is 16.8. The monoisotopic (exact) mass is 631 g/mol. The van der Waals surface area contributed by atoms with Crippen LogP contribution in [0.1, 0.15) is 88.6 Å². The minimum Gasteiger partial charge on any atom is -0.495 e. The first-order valence-electron chi connectivity index (χ1n) is 16.8. The Balaban J connectivity index is 1.30. The summed E-state index contributed by atoms with van der Waals surface area (Å²) in [5, 5.41) is 16.0. The lowest BCUT2D eigenvalue weighted by atomic mass is 9.79. The number of nitrogens with one attached hydrogen (secondary N) is 1. The molecule has 0 saturated heterocycles. The van der Waals surface area contributed by atoms with E-state index in [2.05, 4.69) is 48.7 Å². The molecule has 2 N–H and O–H groups in total. The SMILES string of the molecule is COc1ccc([C@H]2CC[C@H](CN(c3cccc(-c4cnn(C(C)C)c4)c3)C(=O)[C@H]3CC[C@H](OC(=O)NCCO)CC3)CC2)nc1C. The van der Waals surface area contributed by atoms with Crippen molar-refractivity contribution >= 4 is 17.7 Å². The maximum absolute atomic E-state index is 14.3. The van der Waals surface area contributed by atoms with Crippen LogP contribution in [0.15, 0.2) is 48.8 Å². The lowest BCUT2D eigenvalue weighted by Gasteiger charge is -2.36. The van der Waals surface area contributed by atoms with Gasteiger partial charge in [0, 0.05) is 54.1 Å². The molecule has 0 bridgehead atoms. The molecule has 46 heavy (non-hydrogen) atoms. The number of carbonyl (C=O) groups is 2. The van der Waals surface area contributed by atoms with Gasteiger partial charge in [0.2, 0.25) is 5.91 Å².